The first-order valence-electron chi connectivity index (χ1n) is 5.91. The van der Waals surface area contributed by atoms with E-state index < -0.39 is 0 Å². The molecule has 14 heavy (non-hydrogen) atoms. The van der Waals surface area contributed by atoms with Crippen LogP contribution in [0.15, 0.2) is 0 Å². The molecule has 1 aliphatic rings. The Bertz CT molecular complexity index is 191. The zero-order chi connectivity index (χ0) is 11.0. The van der Waals surface area contributed by atoms with E-state index in [2.05, 4.69) is 34.6 Å². The summed E-state index contributed by atoms with van der Waals surface area (Å²) >= 11 is 0. The maximum absolute atomic E-state index is 9.89. The Balaban J connectivity index is 2.68. The topological polar surface area (TPSA) is 20.2 Å². The van der Waals surface area contributed by atoms with Crippen LogP contribution in [0.4, 0.5) is 0 Å². The first kappa shape index (κ1) is 12.0. The summed E-state index contributed by atoms with van der Waals surface area (Å²) in [5.41, 5.74) is 0.677. The molecule has 1 saturated carbocycles. The van der Waals surface area contributed by atoms with Gasteiger partial charge in [0, 0.05) is 0 Å². The molecule has 0 heterocycles. The molecule has 1 rings (SSSR count). The third-order valence-electron chi connectivity index (χ3n) is 3.32. The van der Waals surface area contributed by atoms with E-state index in [9.17, 15) is 5.11 Å². The molecule has 0 aromatic rings. The zero-order valence-corrected chi connectivity index (χ0v) is 10.4. The summed E-state index contributed by atoms with van der Waals surface area (Å²) in [5, 5.41) is 9.89. The molecule has 0 spiro atoms. The van der Waals surface area contributed by atoms with Crippen molar-refractivity contribution in [1.82, 2.24) is 0 Å². The predicted octanol–water partition coefficient (Wildman–Crippen LogP) is 3.61. The minimum atomic E-state index is -0.0810. The average Bonchev–Trinajstić information content (AvgIpc) is 1.74. The van der Waals surface area contributed by atoms with Crippen LogP contribution in [0.5, 0.6) is 0 Å². The summed E-state index contributed by atoms with van der Waals surface area (Å²) in [7, 11) is 0. The first-order chi connectivity index (χ1) is 6.22. The number of hydrogen-bond acceptors (Lipinski definition) is 1. The van der Waals surface area contributed by atoms with Crippen LogP contribution in [0.2, 0.25) is 0 Å². The zero-order valence-electron chi connectivity index (χ0n) is 10.4. The molecule has 1 heteroatoms. The van der Waals surface area contributed by atoms with Crippen molar-refractivity contribution in [2.24, 2.45) is 16.7 Å². The van der Waals surface area contributed by atoms with Gasteiger partial charge in [-0.25, -0.2) is 0 Å². The molecule has 0 saturated heterocycles. The molecule has 0 bridgehead atoms. The summed E-state index contributed by atoms with van der Waals surface area (Å²) in [6.45, 7) is 11.5. The van der Waals surface area contributed by atoms with Crippen molar-refractivity contribution >= 4 is 0 Å². The fraction of sp³-hybridized carbons (Fsp3) is 1.00. The van der Waals surface area contributed by atoms with Crippen LogP contribution in [-0.2, 0) is 0 Å². The van der Waals surface area contributed by atoms with Crippen LogP contribution < -0.4 is 0 Å². The Morgan fingerprint density at radius 1 is 1.21 bits per heavy atom. The first-order valence-corrected chi connectivity index (χ1v) is 5.91. The molecule has 1 N–H and O–H groups in total. The summed E-state index contributed by atoms with van der Waals surface area (Å²) in [5.74, 6) is 0.737. The molecule has 0 radical (unpaired) electrons. The molecule has 0 amide bonds. The largest absolute Gasteiger partial charge is 0.393 e. The van der Waals surface area contributed by atoms with Gasteiger partial charge < -0.3 is 5.11 Å². The summed E-state index contributed by atoms with van der Waals surface area (Å²) in [6.07, 6.45) is 4.39. The van der Waals surface area contributed by atoms with Crippen molar-refractivity contribution in [1.29, 1.82) is 0 Å². The van der Waals surface area contributed by atoms with E-state index in [0.717, 1.165) is 18.8 Å². The fourth-order valence-corrected chi connectivity index (χ4v) is 3.72. The van der Waals surface area contributed by atoms with Gasteiger partial charge in [0.2, 0.25) is 0 Å². The summed E-state index contributed by atoms with van der Waals surface area (Å²) < 4.78 is 0. The van der Waals surface area contributed by atoms with Gasteiger partial charge in [0.1, 0.15) is 0 Å². The second-order valence-electron chi connectivity index (χ2n) is 6.81. The Hall–Kier alpha value is -0.0400. The van der Waals surface area contributed by atoms with Gasteiger partial charge in [-0.1, -0.05) is 34.6 Å². The van der Waals surface area contributed by atoms with Crippen molar-refractivity contribution in [2.75, 3.05) is 0 Å². The molecule has 1 fully saturated rings. The molecular formula is C13H26O. The Labute approximate surface area is 88.9 Å². The maximum atomic E-state index is 9.89. The monoisotopic (exact) mass is 198 g/mol. The SMILES string of the molecule is CC(C)CC1(C)CC(O)CC(C)(C)C1. The average molecular weight is 198 g/mol. The van der Waals surface area contributed by atoms with Crippen LogP contribution in [0.25, 0.3) is 0 Å². The highest BCUT2D eigenvalue weighted by Crippen LogP contribution is 2.48. The van der Waals surface area contributed by atoms with E-state index in [1.807, 2.05) is 0 Å². The molecule has 0 aliphatic heterocycles. The quantitative estimate of drug-likeness (QED) is 0.718. The van der Waals surface area contributed by atoms with Gasteiger partial charge in [-0.05, 0) is 42.4 Å². The second kappa shape index (κ2) is 3.84. The third-order valence-corrected chi connectivity index (χ3v) is 3.32. The van der Waals surface area contributed by atoms with Crippen molar-refractivity contribution in [2.45, 2.75) is 66.4 Å². The van der Waals surface area contributed by atoms with E-state index in [1.54, 1.807) is 0 Å². The van der Waals surface area contributed by atoms with Gasteiger partial charge in [-0.15, -0.1) is 0 Å². The van der Waals surface area contributed by atoms with Crippen molar-refractivity contribution in [3.8, 4) is 0 Å². The van der Waals surface area contributed by atoms with Gasteiger partial charge in [-0.3, -0.25) is 0 Å². The number of rotatable bonds is 2. The smallest absolute Gasteiger partial charge is 0.0550 e. The summed E-state index contributed by atoms with van der Waals surface area (Å²) in [4.78, 5) is 0. The van der Waals surface area contributed by atoms with Crippen LogP contribution in [0, 0.1) is 16.7 Å². The Morgan fingerprint density at radius 3 is 2.21 bits per heavy atom. The van der Waals surface area contributed by atoms with Crippen LogP contribution in [0.3, 0.4) is 0 Å². The Morgan fingerprint density at radius 2 is 1.79 bits per heavy atom. The van der Waals surface area contributed by atoms with Crippen molar-refractivity contribution < 1.29 is 5.11 Å². The van der Waals surface area contributed by atoms with E-state index in [1.165, 1.54) is 12.8 Å². The molecular weight excluding hydrogens is 172 g/mol. The molecule has 84 valence electrons. The van der Waals surface area contributed by atoms with E-state index >= 15 is 0 Å². The second-order valence-corrected chi connectivity index (χ2v) is 6.81. The van der Waals surface area contributed by atoms with Gasteiger partial charge >= 0.3 is 0 Å². The van der Waals surface area contributed by atoms with Crippen LogP contribution in [-0.4, -0.2) is 11.2 Å². The molecule has 0 aromatic carbocycles. The summed E-state index contributed by atoms with van der Waals surface area (Å²) in [6, 6.07) is 0. The maximum Gasteiger partial charge on any atom is 0.0550 e. The fourth-order valence-electron chi connectivity index (χ4n) is 3.72. The molecule has 1 nitrogen and oxygen atoms in total. The van der Waals surface area contributed by atoms with Crippen molar-refractivity contribution in [3.63, 3.8) is 0 Å². The van der Waals surface area contributed by atoms with Gasteiger partial charge in [0.15, 0.2) is 0 Å². The van der Waals surface area contributed by atoms with Crippen LogP contribution >= 0.6 is 0 Å². The standard InChI is InChI=1S/C13H26O/c1-10(2)6-13(5)8-11(14)7-12(3,4)9-13/h10-11,14H,6-9H2,1-5H3. The number of hydrogen-bond donors (Lipinski definition) is 1. The lowest BCUT2D eigenvalue weighted by Gasteiger charge is -2.46. The molecule has 1 aliphatic carbocycles. The highest BCUT2D eigenvalue weighted by Gasteiger charge is 2.40. The molecule has 0 aromatic heterocycles. The number of aliphatic hydroxyl groups is 1. The predicted molar refractivity (Wildman–Crippen MR) is 61.2 cm³/mol. The lowest BCUT2D eigenvalue weighted by Crippen LogP contribution is -2.38. The molecule has 2 atom stereocenters. The Kier molecular flexibility index (Phi) is 3.30. The third kappa shape index (κ3) is 3.27. The lowest BCUT2D eigenvalue weighted by atomic mass is 9.61. The normalized spacial score (nSPS) is 37.5. The van der Waals surface area contributed by atoms with Crippen LogP contribution in [0.1, 0.15) is 60.3 Å². The van der Waals surface area contributed by atoms with E-state index in [4.69, 9.17) is 0 Å². The molecule has 2 unspecified atom stereocenters. The minimum absolute atomic E-state index is 0.0810. The van der Waals surface area contributed by atoms with E-state index in [0.29, 0.717) is 10.8 Å². The van der Waals surface area contributed by atoms with Gasteiger partial charge in [0.05, 0.1) is 6.10 Å². The highest BCUT2D eigenvalue weighted by atomic mass is 16.3. The van der Waals surface area contributed by atoms with Gasteiger partial charge in [0.25, 0.3) is 0 Å². The van der Waals surface area contributed by atoms with Gasteiger partial charge in [-0.2, -0.15) is 0 Å². The highest BCUT2D eigenvalue weighted by molar-refractivity contribution is 4.91. The lowest BCUT2D eigenvalue weighted by molar-refractivity contribution is -0.0183. The number of aliphatic hydroxyl groups excluding tert-OH is 1. The van der Waals surface area contributed by atoms with E-state index in [-0.39, 0.29) is 6.10 Å². The van der Waals surface area contributed by atoms with Crippen molar-refractivity contribution in [3.05, 3.63) is 0 Å². The minimum Gasteiger partial charge on any atom is -0.393 e.